The molecule has 0 fully saturated rings. The molecule has 3 heteroatoms. The highest BCUT2D eigenvalue weighted by Gasteiger charge is 2.08. The molecule has 1 N–H and O–H groups in total. The Balaban J connectivity index is 1.99. The maximum atomic E-state index is 12.0. The maximum absolute atomic E-state index is 12.0. The van der Waals surface area contributed by atoms with Crippen molar-refractivity contribution in [3.8, 4) is 11.1 Å². The molecule has 0 heterocycles. The van der Waals surface area contributed by atoms with Crippen LogP contribution in [0.1, 0.15) is 30.1 Å². The van der Waals surface area contributed by atoms with Crippen LogP contribution in [0.4, 0.5) is 0 Å². The third-order valence-corrected chi connectivity index (χ3v) is 3.24. The van der Waals surface area contributed by atoms with Crippen LogP contribution in [0.2, 0.25) is 0 Å². The zero-order valence-electron chi connectivity index (χ0n) is 12.1. The smallest absolute Gasteiger partial charge is 0.220 e. The fourth-order valence-electron chi connectivity index (χ4n) is 2.08. The first-order chi connectivity index (χ1) is 10.2. The van der Waals surface area contributed by atoms with Crippen LogP contribution in [0.25, 0.3) is 11.1 Å². The van der Waals surface area contributed by atoms with Crippen LogP contribution in [0, 0.1) is 0 Å². The molecule has 0 aromatic heterocycles. The minimum absolute atomic E-state index is 0.0590. The first kappa shape index (κ1) is 15.0. The van der Waals surface area contributed by atoms with Gasteiger partial charge in [-0.2, -0.15) is 0 Å². The molecule has 0 radical (unpaired) electrons. The third kappa shape index (κ3) is 4.28. The number of carbonyl (C=O) groups excluding carboxylic acids is 2. The first-order valence-electron chi connectivity index (χ1n) is 7.16. The van der Waals surface area contributed by atoms with Gasteiger partial charge in [-0.15, -0.1) is 0 Å². The van der Waals surface area contributed by atoms with Gasteiger partial charge < -0.3 is 5.32 Å². The summed E-state index contributed by atoms with van der Waals surface area (Å²) in [6, 6.07) is 17.5. The van der Waals surface area contributed by atoms with Gasteiger partial charge in [0.25, 0.3) is 0 Å². The quantitative estimate of drug-likeness (QED) is 0.824. The lowest BCUT2D eigenvalue weighted by atomic mass is 10.0. The van der Waals surface area contributed by atoms with E-state index in [-0.39, 0.29) is 18.2 Å². The van der Waals surface area contributed by atoms with Gasteiger partial charge in [0.05, 0.1) is 6.54 Å². The van der Waals surface area contributed by atoms with Crippen molar-refractivity contribution in [1.82, 2.24) is 5.32 Å². The molecular weight excluding hydrogens is 262 g/mol. The molecule has 2 rings (SSSR count). The highest BCUT2D eigenvalue weighted by Crippen LogP contribution is 2.19. The molecule has 0 aliphatic carbocycles. The molecule has 0 saturated heterocycles. The number of nitrogens with one attached hydrogen (secondary N) is 1. The van der Waals surface area contributed by atoms with Crippen LogP contribution in [0.5, 0.6) is 0 Å². The summed E-state index contributed by atoms with van der Waals surface area (Å²) in [6.45, 7) is 1.99. The normalized spacial score (nSPS) is 10.1. The number of rotatable bonds is 6. The summed E-state index contributed by atoms with van der Waals surface area (Å²) in [5, 5.41) is 2.64. The summed E-state index contributed by atoms with van der Waals surface area (Å²) < 4.78 is 0. The predicted octanol–water partition coefficient (Wildman–Crippen LogP) is 3.45. The molecule has 0 aliphatic rings. The number of Topliss-reactive ketones (excluding diaryl/α,β-unsaturated/α-hetero) is 1. The average molecular weight is 281 g/mol. The second kappa shape index (κ2) is 7.39. The van der Waals surface area contributed by atoms with Crippen molar-refractivity contribution < 1.29 is 9.59 Å². The molecule has 21 heavy (non-hydrogen) atoms. The van der Waals surface area contributed by atoms with Crippen LogP contribution in [0.15, 0.2) is 54.6 Å². The van der Waals surface area contributed by atoms with E-state index >= 15 is 0 Å². The second-order valence-electron chi connectivity index (χ2n) is 4.89. The SMILES string of the molecule is CCCC(=O)NCC(=O)c1ccc(-c2ccccc2)cc1. The van der Waals surface area contributed by atoms with E-state index in [2.05, 4.69) is 5.32 Å². The third-order valence-electron chi connectivity index (χ3n) is 3.24. The van der Waals surface area contributed by atoms with E-state index in [1.54, 1.807) is 12.1 Å². The van der Waals surface area contributed by atoms with Crippen molar-refractivity contribution in [2.24, 2.45) is 0 Å². The minimum atomic E-state index is -0.0771. The molecule has 0 unspecified atom stereocenters. The van der Waals surface area contributed by atoms with E-state index in [1.165, 1.54) is 0 Å². The second-order valence-corrected chi connectivity index (χ2v) is 4.89. The first-order valence-corrected chi connectivity index (χ1v) is 7.16. The van der Waals surface area contributed by atoms with Gasteiger partial charge >= 0.3 is 0 Å². The van der Waals surface area contributed by atoms with Gasteiger partial charge in [0.1, 0.15) is 0 Å². The molecule has 0 spiro atoms. The van der Waals surface area contributed by atoms with Crippen molar-refractivity contribution in [3.05, 3.63) is 60.2 Å². The van der Waals surface area contributed by atoms with E-state index in [1.807, 2.05) is 49.4 Å². The van der Waals surface area contributed by atoms with Gasteiger partial charge in [-0.25, -0.2) is 0 Å². The highest BCUT2D eigenvalue weighted by atomic mass is 16.2. The Bertz CT molecular complexity index is 603. The van der Waals surface area contributed by atoms with Crippen molar-refractivity contribution in [3.63, 3.8) is 0 Å². The van der Waals surface area contributed by atoms with E-state index in [9.17, 15) is 9.59 Å². The summed E-state index contributed by atoms with van der Waals surface area (Å²) in [5.41, 5.74) is 2.81. The Morgan fingerprint density at radius 2 is 1.52 bits per heavy atom. The van der Waals surface area contributed by atoms with E-state index < -0.39 is 0 Å². The van der Waals surface area contributed by atoms with Gasteiger partial charge in [0.15, 0.2) is 5.78 Å². The number of ketones is 1. The molecule has 1 amide bonds. The largest absolute Gasteiger partial charge is 0.349 e. The molecule has 0 bridgehead atoms. The number of hydrogen-bond acceptors (Lipinski definition) is 2. The van der Waals surface area contributed by atoms with Crippen LogP contribution < -0.4 is 5.32 Å². The van der Waals surface area contributed by atoms with Gasteiger partial charge in [0, 0.05) is 12.0 Å². The minimum Gasteiger partial charge on any atom is -0.349 e. The van der Waals surface area contributed by atoms with E-state index in [0.717, 1.165) is 17.5 Å². The summed E-state index contributed by atoms with van der Waals surface area (Å²) in [6.07, 6.45) is 1.24. The molecule has 0 saturated carbocycles. The Morgan fingerprint density at radius 1 is 0.905 bits per heavy atom. The van der Waals surface area contributed by atoms with Crippen LogP contribution in [0.3, 0.4) is 0 Å². The fourth-order valence-corrected chi connectivity index (χ4v) is 2.08. The lowest BCUT2D eigenvalue weighted by Gasteiger charge is -2.05. The summed E-state index contributed by atoms with van der Waals surface area (Å²) in [5.74, 6) is -0.147. The zero-order valence-corrected chi connectivity index (χ0v) is 12.1. The van der Waals surface area contributed by atoms with Crippen LogP contribution in [-0.4, -0.2) is 18.2 Å². The Hall–Kier alpha value is -2.42. The average Bonchev–Trinajstić information content (AvgIpc) is 2.54. The molecule has 3 nitrogen and oxygen atoms in total. The summed E-state index contributed by atoms with van der Waals surface area (Å²) in [7, 11) is 0. The highest BCUT2D eigenvalue weighted by molar-refractivity contribution is 5.99. The van der Waals surface area contributed by atoms with Crippen LogP contribution >= 0.6 is 0 Å². The van der Waals surface area contributed by atoms with Crippen molar-refractivity contribution in [2.45, 2.75) is 19.8 Å². The molecule has 0 aliphatic heterocycles. The van der Waals surface area contributed by atoms with E-state index in [0.29, 0.717) is 12.0 Å². The Morgan fingerprint density at radius 3 is 2.14 bits per heavy atom. The number of amides is 1. The summed E-state index contributed by atoms with van der Waals surface area (Å²) >= 11 is 0. The number of benzene rings is 2. The molecule has 2 aromatic rings. The Labute approximate surface area is 125 Å². The number of carbonyl (C=O) groups is 2. The fraction of sp³-hybridized carbons (Fsp3) is 0.222. The van der Waals surface area contributed by atoms with Crippen molar-refractivity contribution in [1.29, 1.82) is 0 Å². The molecule has 0 atom stereocenters. The lowest BCUT2D eigenvalue weighted by molar-refractivity contribution is -0.120. The molecule has 2 aromatic carbocycles. The van der Waals surface area contributed by atoms with E-state index in [4.69, 9.17) is 0 Å². The predicted molar refractivity (Wildman–Crippen MR) is 84.1 cm³/mol. The molecular formula is C18H19NO2. The maximum Gasteiger partial charge on any atom is 0.220 e. The van der Waals surface area contributed by atoms with Crippen LogP contribution in [-0.2, 0) is 4.79 Å². The van der Waals surface area contributed by atoms with Gasteiger partial charge in [-0.1, -0.05) is 61.5 Å². The van der Waals surface area contributed by atoms with Crippen molar-refractivity contribution >= 4 is 11.7 Å². The van der Waals surface area contributed by atoms with Gasteiger partial charge in [-0.3, -0.25) is 9.59 Å². The lowest BCUT2D eigenvalue weighted by Crippen LogP contribution is -2.29. The zero-order chi connectivity index (χ0) is 15.1. The number of hydrogen-bond donors (Lipinski definition) is 1. The van der Waals surface area contributed by atoms with Gasteiger partial charge in [0.2, 0.25) is 5.91 Å². The standard InChI is InChI=1S/C18H19NO2/c1-2-6-18(21)19-13-17(20)16-11-9-15(10-12-16)14-7-4-3-5-8-14/h3-5,7-12H,2,6,13H2,1H3,(H,19,21). The monoisotopic (exact) mass is 281 g/mol. The van der Waals surface area contributed by atoms with Gasteiger partial charge in [-0.05, 0) is 17.5 Å². The Kier molecular flexibility index (Phi) is 5.27. The van der Waals surface area contributed by atoms with Crippen molar-refractivity contribution in [2.75, 3.05) is 6.54 Å². The topological polar surface area (TPSA) is 46.2 Å². The summed E-state index contributed by atoms with van der Waals surface area (Å²) in [4.78, 5) is 23.3. The molecule has 108 valence electrons.